The van der Waals surface area contributed by atoms with E-state index in [1.165, 1.54) is 9.36 Å². The second kappa shape index (κ2) is 13.3. The number of hydrogen-bond donors (Lipinski definition) is 1. The minimum atomic E-state index is -4.64. The van der Waals surface area contributed by atoms with Gasteiger partial charge in [-0.2, -0.15) is 32.7 Å². The number of aromatic nitrogens is 4. The molecule has 8 nitrogen and oxygen atoms in total. The van der Waals surface area contributed by atoms with Gasteiger partial charge in [0.25, 0.3) is 0 Å². The van der Waals surface area contributed by atoms with E-state index in [-0.39, 0.29) is 18.7 Å². The fraction of sp³-hybridized carbons (Fsp3) is 0.292. The number of halogens is 5. The van der Waals surface area contributed by atoms with Gasteiger partial charge < -0.3 is 5.73 Å². The van der Waals surface area contributed by atoms with Crippen LogP contribution in [0.5, 0.6) is 0 Å². The Labute approximate surface area is 239 Å². The van der Waals surface area contributed by atoms with E-state index in [0.717, 1.165) is 29.2 Å². The van der Waals surface area contributed by atoms with Crippen molar-refractivity contribution in [3.8, 4) is 0 Å². The molecule has 2 heterocycles. The number of para-hydroxylation sites is 2. The monoisotopic (exact) mass is 743 g/mol. The standard InChI is InChI=1S/C13H15IN2O.C8H6IN3O.C2HF3O.CH4/c1-13(2,3)8-11(17)16-10-7-5-4-6-9(10)12(14)15-16;9-7-5-3-1-2-4-6(5)12(11-7)8(10)13;3-2(4,5)1-6;/h4-7H,8H2,1-3H3;1-4H,(H2,10,13);1H;1H4. The maximum Gasteiger partial charge on any atom is 0.446 e. The minimum Gasteiger partial charge on any atom is -0.350 e. The van der Waals surface area contributed by atoms with Crippen LogP contribution in [-0.4, -0.2) is 44.0 Å². The first-order valence-corrected chi connectivity index (χ1v) is 12.4. The van der Waals surface area contributed by atoms with Gasteiger partial charge in [0.1, 0.15) is 7.40 Å². The van der Waals surface area contributed by atoms with Crippen LogP contribution in [-0.2, 0) is 4.79 Å². The minimum absolute atomic E-state index is 0. The van der Waals surface area contributed by atoms with Crippen molar-refractivity contribution in [1.82, 2.24) is 19.6 Å². The SMILES string of the molecule is C.CC(C)(C)CC(=O)n1nc(I)c2ccccc21.NC(=O)n1nc(I)c2ccccc21.O=CC(F)(F)F. The number of carbonyl (C=O) groups is 3. The van der Waals surface area contributed by atoms with Crippen LogP contribution in [0.4, 0.5) is 18.0 Å². The van der Waals surface area contributed by atoms with Gasteiger partial charge in [0.2, 0.25) is 12.2 Å². The van der Waals surface area contributed by atoms with Crippen molar-refractivity contribution in [2.24, 2.45) is 11.1 Å². The average Bonchev–Trinajstić information content (AvgIpc) is 3.31. The third-order valence-corrected chi connectivity index (χ3v) is 5.94. The molecule has 1 amide bonds. The molecule has 200 valence electrons. The van der Waals surface area contributed by atoms with Gasteiger partial charge in [-0.1, -0.05) is 64.6 Å². The van der Waals surface area contributed by atoms with E-state index < -0.39 is 18.5 Å². The van der Waals surface area contributed by atoms with E-state index in [2.05, 4.69) is 76.2 Å². The average molecular weight is 743 g/mol. The van der Waals surface area contributed by atoms with Gasteiger partial charge in [0.15, 0.2) is 0 Å². The molecule has 0 saturated carbocycles. The van der Waals surface area contributed by atoms with Gasteiger partial charge >= 0.3 is 12.2 Å². The Morgan fingerprint density at radius 3 is 1.65 bits per heavy atom. The molecule has 37 heavy (non-hydrogen) atoms. The molecule has 4 aromatic rings. The summed E-state index contributed by atoms with van der Waals surface area (Å²) in [5.74, 6) is 0.0524. The molecule has 0 spiro atoms. The summed E-state index contributed by atoms with van der Waals surface area (Å²) in [5.41, 5.74) is 6.78. The van der Waals surface area contributed by atoms with Crippen molar-refractivity contribution in [2.45, 2.75) is 40.8 Å². The first-order chi connectivity index (χ1) is 16.6. The molecule has 0 aliphatic carbocycles. The van der Waals surface area contributed by atoms with E-state index in [9.17, 15) is 22.8 Å². The molecule has 2 aromatic heterocycles. The van der Waals surface area contributed by atoms with Crippen LogP contribution in [0, 0.1) is 12.8 Å². The number of primary amides is 1. The lowest BCUT2D eigenvalue weighted by Gasteiger charge is -2.16. The number of amides is 1. The first kappa shape index (κ1) is 32.5. The summed E-state index contributed by atoms with van der Waals surface area (Å²) in [6.07, 6.45) is -5.21. The second-order valence-electron chi connectivity index (χ2n) is 8.57. The number of nitrogens with zero attached hydrogens (tertiary/aromatic N) is 4. The van der Waals surface area contributed by atoms with E-state index in [4.69, 9.17) is 10.5 Å². The van der Waals surface area contributed by atoms with Crippen LogP contribution in [0.2, 0.25) is 0 Å². The van der Waals surface area contributed by atoms with Crippen molar-refractivity contribution in [1.29, 1.82) is 0 Å². The van der Waals surface area contributed by atoms with E-state index in [0.29, 0.717) is 6.42 Å². The summed E-state index contributed by atoms with van der Waals surface area (Å²) in [7, 11) is 0. The number of benzene rings is 2. The topological polar surface area (TPSA) is 113 Å². The number of aldehydes is 1. The molecule has 0 fully saturated rings. The summed E-state index contributed by atoms with van der Waals surface area (Å²) >= 11 is 4.24. The lowest BCUT2D eigenvalue weighted by molar-refractivity contribution is -0.156. The van der Waals surface area contributed by atoms with Crippen LogP contribution in [0.15, 0.2) is 48.5 Å². The molecule has 0 unspecified atom stereocenters. The Morgan fingerprint density at radius 2 is 1.27 bits per heavy atom. The van der Waals surface area contributed by atoms with Crippen molar-refractivity contribution in [2.75, 3.05) is 0 Å². The molecule has 0 aliphatic rings. The third-order valence-electron chi connectivity index (χ3n) is 4.34. The molecular formula is C24H26F3I2N5O3. The largest absolute Gasteiger partial charge is 0.446 e. The molecule has 0 saturated heterocycles. The van der Waals surface area contributed by atoms with Crippen molar-refractivity contribution in [3.63, 3.8) is 0 Å². The van der Waals surface area contributed by atoms with Crippen LogP contribution in [0.1, 0.15) is 39.4 Å². The summed E-state index contributed by atoms with van der Waals surface area (Å²) in [4.78, 5) is 31.8. The number of nitrogens with two attached hydrogens (primary N) is 1. The Morgan fingerprint density at radius 1 is 0.892 bits per heavy atom. The fourth-order valence-electron chi connectivity index (χ4n) is 2.94. The lowest BCUT2D eigenvalue weighted by atomic mass is 9.92. The van der Waals surface area contributed by atoms with Gasteiger partial charge in [0.05, 0.1) is 11.0 Å². The zero-order valence-corrected chi connectivity index (χ0v) is 23.7. The molecule has 2 aromatic carbocycles. The Bertz CT molecular complexity index is 1390. The van der Waals surface area contributed by atoms with Crippen LogP contribution in [0.25, 0.3) is 21.8 Å². The number of carbonyl (C=O) groups excluding carboxylic acids is 3. The molecule has 0 radical (unpaired) electrons. The van der Waals surface area contributed by atoms with Crippen LogP contribution in [0.3, 0.4) is 0 Å². The molecule has 13 heteroatoms. The predicted octanol–water partition coefficient (Wildman–Crippen LogP) is 6.67. The summed E-state index contributed by atoms with van der Waals surface area (Å²) < 4.78 is 35.6. The molecule has 0 bridgehead atoms. The highest BCUT2D eigenvalue weighted by atomic mass is 127. The Hall–Kier alpha value is -2.56. The van der Waals surface area contributed by atoms with Gasteiger partial charge in [-0.25, -0.2) is 4.79 Å². The third kappa shape index (κ3) is 9.36. The molecular weight excluding hydrogens is 717 g/mol. The van der Waals surface area contributed by atoms with E-state index in [1.54, 1.807) is 0 Å². The maximum absolute atomic E-state index is 12.2. The summed E-state index contributed by atoms with van der Waals surface area (Å²) in [6.45, 7) is 6.17. The zero-order chi connectivity index (χ0) is 27.3. The highest BCUT2D eigenvalue weighted by molar-refractivity contribution is 14.1. The van der Waals surface area contributed by atoms with Crippen LogP contribution >= 0.6 is 45.2 Å². The number of rotatable bonds is 1. The molecule has 4 rings (SSSR count). The zero-order valence-electron chi connectivity index (χ0n) is 19.4. The molecule has 2 N–H and O–H groups in total. The van der Waals surface area contributed by atoms with Gasteiger partial charge in [-0.15, -0.1) is 0 Å². The molecule has 0 aliphatic heterocycles. The van der Waals surface area contributed by atoms with Gasteiger partial charge in [-0.3, -0.25) is 9.59 Å². The predicted molar refractivity (Wildman–Crippen MR) is 153 cm³/mol. The number of alkyl halides is 3. The smallest absolute Gasteiger partial charge is 0.350 e. The number of hydrogen-bond acceptors (Lipinski definition) is 5. The summed E-state index contributed by atoms with van der Waals surface area (Å²) in [5, 5.41) is 10.3. The van der Waals surface area contributed by atoms with E-state index >= 15 is 0 Å². The van der Waals surface area contributed by atoms with Crippen molar-refractivity contribution < 1.29 is 27.6 Å². The Balaban J connectivity index is 0.000000304. The highest BCUT2D eigenvalue weighted by Gasteiger charge is 2.25. The van der Waals surface area contributed by atoms with Crippen molar-refractivity contribution in [3.05, 3.63) is 55.9 Å². The van der Waals surface area contributed by atoms with Crippen LogP contribution < -0.4 is 5.73 Å². The first-order valence-electron chi connectivity index (χ1n) is 10.3. The normalized spacial score (nSPS) is 11.0. The summed E-state index contributed by atoms with van der Waals surface area (Å²) in [6, 6.07) is 14.7. The van der Waals surface area contributed by atoms with Crippen molar-refractivity contribution >= 4 is 85.2 Å². The Kier molecular flexibility index (Phi) is 11.7. The quantitative estimate of drug-likeness (QED) is 0.173. The maximum atomic E-state index is 12.2. The van der Waals surface area contributed by atoms with Gasteiger partial charge in [-0.05, 0) is 62.7 Å². The van der Waals surface area contributed by atoms with Gasteiger partial charge in [0, 0.05) is 17.2 Å². The van der Waals surface area contributed by atoms with E-state index in [1.807, 2.05) is 48.5 Å². The lowest BCUT2D eigenvalue weighted by Crippen LogP contribution is -2.20. The number of fused-ring (bicyclic) bond motifs is 2. The molecule has 0 atom stereocenters. The highest BCUT2D eigenvalue weighted by Crippen LogP contribution is 2.24. The fourth-order valence-corrected chi connectivity index (χ4v) is 4.29. The second-order valence-corrected chi connectivity index (χ2v) is 10.6.